The van der Waals surface area contributed by atoms with Crippen molar-refractivity contribution in [1.82, 2.24) is 0 Å². The Morgan fingerprint density at radius 2 is 0.738 bits per heavy atom. The summed E-state index contributed by atoms with van der Waals surface area (Å²) in [5.74, 6) is 0.374. The van der Waals surface area contributed by atoms with E-state index in [1.807, 2.05) is 90.9 Å². The van der Waals surface area contributed by atoms with Gasteiger partial charge >= 0.3 is 19.8 Å². The van der Waals surface area contributed by atoms with Gasteiger partial charge in [-0.3, -0.25) is 14.4 Å². The Labute approximate surface area is 266 Å². The molecule has 4 aromatic rings. The molecule has 0 saturated carbocycles. The van der Waals surface area contributed by atoms with Crippen LogP contribution in [0.3, 0.4) is 0 Å². The third-order valence-corrected chi connectivity index (χ3v) is 6.17. The van der Waals surface area contributed by atoms with Gasteiger partial charge in [0.05, 0.1) is 0 Å². The van der Waals surface area contributed by atoms with Crippen LogP contribution in [-0.4, -0.2) is 17.3 Å². The Balaban J connectivity index is 0.000000533. The molecule has 0 fully saturated rings. The van der Waals surface area contributed by atoms with E-state index in [1.54, 1.807) is 20.8 Å². The van der Waals surface area contributed by atoms with Gasteiger partial charge in [-0.2, -0.15) is 107 Å². The number of hydrogen-bond donors (Lipinski definition) is 0. The molecule has 4 rings (SSSR count). The van der Waals surface area contributed by atoms with Crippen molar-refractivity contribution in [2.75, 3.05) is 0 Å². The van der Waals surface area contributed by atoms with Crippen LogP contribution in [0, 0.1) is 79.7 Å². The first-order chi connectivity index (χ1) is 19.1. The van der Waals surface area contributed by atoms with Gasteiger partial charge in [-0.15, -0.1) is 16.7 Å². The third kappa shape index (κ3) is 13.9. The van der Waals surface area contributed by atoms with Crippen LogP contribution < -0.4 is 0 Å². The molecule has 0 bridgehead atoms. The number of ketones is 3. The Morgan fingerprint density at radius 3 is 0.929 bits per heavy atom. The minimum absolute atomic E-state index is 0. The molecule has 3 nitrogen and oxygen atoms in total. The zero-order chi connectivity index (χ0) is 31.3. The summed E-state index contributed by atoms with van der Waals surface area (Å²) in [6.07, 6.45) is 0. The minimum atomic E-state index is 0. The quantitative estimate of drug-likeness (QED) is 0.156. The average molecular weight is 737 g/mol. The van der Waals surface area contributed by atoms with Crippen molar-refractivity contribution in [3.8, 4) is 0 Å². The molecule has 0 heterocycles. The van der Waals surface area contributed by atoms with Crippen molar-refractivity contribution in [3.05, 3.63) is 140 Å². The summed E-state index contributed by atoms with van der Waals surface area (Å²) in [6, 6.07) is 29.6. The number of hydrogen-bond acceptors (Lipinski definition) is 3. The van der Waals surface area contributed by atoms with Gasteiger partial charge in [-0.1, -0.05) is 72.1 Å². The fourth-order valence-electron chi connectivity index (χ4n) is 3.73. The summed E-state index contributed by atoms with van der Waals surface area (Å²) < 4.78 is 0. The number of Topliss-reactive ketones (excluding diaryl/α,β-unsaturated/α-hetero) is 3. The number of aryl methyl sites for hydroxylation is 8. The van der Waals surface area contributed by atoms with Gasteiger partial charge in [0.2, 0.25) is 0 Å². The van der Waals surface area contributed by atoms with E-state index >= 15 is 0 Å². The number of carbonyl (C=O) groups is 3. The van der Waals surface area contributed by atoms with Crippen LogP contribution in [0.4, 0.5) is 0 Å². The van der Waals surface area contributed by atoms with E-state index in [4.69, 9.17) is 0 Å². The van der Waals surface area contributed by atoms with Crippen LogP contribution >= 0.6 is 0 Å². The molecule has 0 spiro atoms. The SMILES string of the molecule is CC(=O)c1cc(C)[c-]cc1C.CC(=O)c1cc(C)[c-]cc1C.CC(=O)c1cc(C)[c-]cc1C.Cc1[c-]cc(C)cc1.[Os+4]. The van der Waals surface area contributed by atoms with Crippen molar-refractivity contribution >= 4 is 17.3 Å². The molecule has 0 radical (unpaired) electrons. The van der Waals surface area contributed by atoms with E-state index in [1.165, 1.54) is 11.1 Å². The molecule has 4 aromatic carbocycles. The molecule has 0 amide bonds. The zero-order valence-corrected chi connectivity index (χ0v) is 29.3. The Morgan fingerprint density at radius 1 is 0.452 bits per heavy atom. The summed E-state index contributed by atoms with van der Waals surface area (Å²) in [7, 11) is 0. The van der Waals surface area contributed by atoms with Crippen LogP contribution in [-0.2, 0) is 19.8 Å². The van der Waals surface area contributed by atoms with E-state index in [-0.39, 0.29) is 37.1 Å². The van der Waals surface area contributed by atoms with Crippen molar-refractivity contribution < 1.29 is 34.2 Å². The van der Waals surface area contributed by atoms with E-state index < -0.39 is 0 Å². The minimum Gasteiger partial charge on any atom is -0.297 e. The molecule has 0 saturated heterocycles. The molecule has 0 aliphatic carbocycles. The van der Waals surface area contributed by atoms with Crippen molar-refractivity contribution in [2.24, 2.45) is 0 Å². The maximum Gasteiger partial charge on any atom is 4.00 e. The standard InChI is InChI=1S/3C10H11O.C8H9.Os/c3*1-7-4-5-8(2)10(6-7)9(3)11;1-7-3-5-8(2)6-4-7;/h3*5-6H,1-3H3;3-5H,1-2H3;/q4*-1;+4. The normalized spacial score (nSPS) is 9.40. The van der Waals surface area contributed by atoms with Crippen molar-refractivity contribution in [3.63, 3.8) is 0 Å². The molecular weight excluding hydrogens is 695 g/mol. The van der Waals surface area contributed by atoms with E-state index in [2.05, 4.69) is 43.3 Å². The summed E-state index contributed by atoms with van der Waals surface area (Å²) in [5.41, 5.74) is 11.0. The first-order valence-electron chi connectivity index (χ1n) is 13.6. The van der Waals surface area contributed by atoms with Gasteiger partial charge in [0.25, 0.3) is 0 Å². The second-order valence-corrected chi connectivity index (χ2v) is 10.4. The molecule has 0 aliphatic rings. The van der Waals surface area contributed by atoms with Gasteiger partial charge in [0, 0.05) is 0 Å². The molecule has 0 atom stereocenters. The summed E-state index contributed by atoms with van der Waals surface area (Å²) in [5, 5.41) is 0. The van der Waals surface area contributed by atoms with Crippen molar-refractivity contribution in [2.45, 2.75) is 76.2 Å². The summed E-state index contributed by atoms with van der Waals surface area (Å²) in [4.78, 5) is 33.0. The average Bonchev–Trinajstić information content (AvgIpc) is 2.90. The third-order valence-electron chi connectivity index (χ3n) is 6.17. The molecule has 0 aromatic heterocycles. The van der Waals surface area contributed by atoms with Gasteiger partial charge in [0.1, 0.15) is 17.3 Å². The molecular formula is C38H42O3Os. The fraction of sp³-hybridized carbons (Fsp3) is 0.289. The smallest absolute Gasteiger partial charge is 0.297 e. The second kappa shape index (κ2) is 18.9. The summed E-state index contributed by atoms with van der Waals surface area (Å²) in [6.45, 7) is 20.4. The predicted octanol–water partition coefficient (Wildman–Crippen LogP) is 9.02. The largest absolute Gasteiger partial charge is 4.00 e. The van der Waals surface area contributed by atoms with Gasteiger partial charge < -0.3 is 0 Å². The number of rotatable bonds is 3. The Hall–Kier alpha value is -3.47. The first kappa shape index (κ1) is 38.5. The molecule has 0 unspecified atom stereocenters. The zero-order valence-electron chi connectivity index (χ0n) is 26.8. The number of benzene rings is 4. The van der Waals surface area contributed by atoms with Crippen LogP contribution in [0.2, 0.25) is 0 Å². The molecule has 4 heteroatoms. The maximum atomic E-state index is 11.0. The van der Waals surface area contributed by atoms with Crippen LogP contribution in [0.15, 0.2) is 54.6 Å². The summed E-state index contributed by atoms with van der Waals surface area (Å²) >= 11 is 0. The van der Waals surface area contributed by atoms with E-state index in [9.17, 15) is 14.4 Å². The maximum absolute atomic E-state index is 11.0. The van der Waals surface area contributed by atoms with E-state index in [0.29, 0.717) is 0 Å². The molecule has 0 aliphatic heterocycles. The molecule has 220 valence electrons. The van der Waals surface area contributed by atoms with Gasteiger partial charge in [-0.05, 0) is 20.8 Å². The Kier molecular flexibility index (Phi) is 17.3. The van der Waals surface area contributed by atoms with E-state index in [0.717, 1.165) is 50.1 Å². The second-order valence-electron chi connectivity index (χ2n) is 10.4. The van der Waals surface area contributed by atoms with Crippen LogP contribution in [0.25, 0.3) is 0 Å². The molecule has 0 N–H and O–H groups in total. The molecule has 42 heavy (non-hydrogen) atoms. The van der Waals surface area contributed by atoms with Crippen LogP contribution in [0.1, 0.15) is 96.4 Å². The monoisotopic (exact) mass is 738 g/mol. The first-order valence-corrected chi connectivity index (χ1v) is 13.6. The van der Waals surface area contributed by atoms with Crippen molar-refractivity contribution in [1.29, 1.82) is 0 Å². The van der Waals surface area contributed by atoms with Gasteiger partial charge in [0.15, 0.2) is 0 Å². The topological polar surface area (TPSA) is 51.2 Å². The van der Waals surface area contributed by atoms with Gasteiger partial charge in [-0.25, -0.2) is 0 Å². The predicted molar refractivity (Wildman–Crippen MR) is 169 cm³/mol. The number of carbonyl (C=O) groups excluding carboxylic acids is 3. The Bertz CT molecular complexity index is 1310. The fourth-order valence-corrected chi connectivity index (χ4v) is 3.73. The van der Waals surface area contributed by atoms with Crippen LogP contribution in [0.5, 0.6) is 0 Å².